The van der Waals surface area contributed by atoms with Crippen LogP contribution in [-0.4, -0.2) is 28.8 Å². The van der Waals surface area contributed by atoms with Crippen LogP contribution in [-0.2, 0) is 9.53 Å². The van der Waals surface area contributed by atoms with Crippen molar-refractivity contribution >= 4 is 17.7 Å². The zero-order chi connectivity index (χ0) is 10.4. The van der Waals surface area contributed by atoms with Crippen molar-refractivity contribution in [2.75, 3.05) is 12.9 Å². The number of nitrogens with zero attached hydrogens (tertiary/aromatic N) is 3. The molecule has 0 saturated heterocycles. The van der Waals surface area contributed by atoms with E-state index in [-0.39, 0.29) is 17.4 Å². The molecule has 0 unspecified atom stereocenters. The van der Waals surface area contributed by atoms with Crippen molar-refractivity contribution in [3.63, 3.8) is 0 Å². The first-order valence-electron chi connectivity index (χ1n) is 3.69. The lowest BCUT2D eigenvalue weighted by Gasteiger charge is -1.98. The molecule has 0 aliphatic carbocycles. The summed E-state index contributed by atoms with van der Waals surface area (Å²) in [5, 5.41) is 8.94. The van der Waals surface area contributed by atoms with Crippen LogP contribution in [0.2, 0.25) is 0 Å². The minimum Gasteiger partial charge on any atom is -0.468 e. The van der Waals surface area contributed by atoms with E-state index in [4.69, 9.17) is 5.26 Å². The molecule has 0 spiro atoms. The molecule has 0 radical (unpaired) electrons. The maximum atomic E-state index is 10.8. The topological polar surface area (TPSA) is 75.9 Å². The summed E-state index contributed by atoms with van der Waals surface area (Å²) in [5.74, 6) is -0.202. The summed E-state index contributed by atoms with van der Waals surface area (Å²) in [7, 11) is 1.31. The van der Waals surface area contributed by atoms with Crippen LogP contribution >= 0.6 is 11.8 Å². The predicted molar refractivity (Wildman–Crippen MR) is 49.5 cm³/mol. The van der Waals surface area contributed by atoms with Gasteiger partial charge in [-0.1, -0.05) is 11.8 Å². The van der Waals surface area contributed by atoms with Crippen LogP contribution in [0, 0.1) is 11.3 Å². The lowest BCUT2D eigenvalue weighted by molar-refractivity contribution is -0.137. The molecule has 0 saturated carbocycles. The third-order valence-electron chi connectivity index (χ3n) is 1.29. The molecule has 0 amide bonds. The number of esters is 1. The summed E-state index contributed by atoms with van der Waals surface area (Å²) in [5.41, 5.74) is 0.285. The number of nitriles is 1. The van der Waals surface area contributed by atoms with E-state index in [2.05, 4.69) is 14.7 Å². The molecule has 0 N–H and O–H groups in total. The smallest absolute Gasteiger partial charge is 0.316 e. The van der Waals surface area contributed by atoms with Gasteiger partial charge in [0.15, 0.2) is 5.16 Å². The largest absolute Gasteiger partial charge is 0.468 e. The minimum atomic E-state index is -0.346. The summed E-state index contributed by atoms with van der Waals surface area (Å²) in [6.45, 7) is 0. The quantitative estimate of drug-likeness (QED) is 0.412. The second-order valence-electron chi connectivity index (χ2n) is 2.20. The number of hydrogen-bond donors (Lipinski definition) is 0. The Morgan fingerprint density at radius 1 is 1.79 bits per heavy atom. The first kappa shape index (κ1) is 10.5. The molecule has 72 valence electrons. The van der Waals surface area contributed by atoms with Gasteiger partial charge in [-0.2, -0.15) is 5.26 Å². The van der Waals surface area contributed by atoms with Crippen LogP contribution in [0.15, 0.2) is 17.4 Å². The van der Waals surface area contributed by atoms with Gasteiger partial charge >= 0.3 is 5.97 Å². The van der Waals surface area contributed by atoms with Gasteiger partial charge in [-0.25, -0.2) is 9.97 Å². The highest BCUT2D eigenvalue weighted by Crippen LogP contribution is 2.11. The van der Waals surface area contributed by atoms with Crippen molar-refractivity contribution in [1.29, 1.82) is 5.26 Å². The first-order chi connectivity index (χ1) is 6.76. The van der Waals surface area contributed by atoms with Crippen molar-refractivity contribution in [2.24, 2.45) is 0 Å². The fourth-order valence-corrected chi connectivity index (χ4v) is 1.32. The molecule has 1 aromatic rings. The Morgan fingerprint density at radius 2 is 2.57 bits per heavy atom. The predicted octanol–water partition coefficient (Wildman–Crippen LogP) is 0.613. The molecule has 1 heterocycles. The fourth-order valence-electron chi connectivity index (χ4n) is 0.655. The maximum Gasteiger partial charge on any atom is 0.316 e. The zero-order valence-corrected chi connectivity index (χ0v) is 8.24. The van der Waals surface area contributed by atoms with E-state index in [1.807, 2.05) is 6.07 Å². The SMILES string of the molecule is COC(=O)CSc1nccc(C#N)n1. The normalized spacial score (nSPS) is 9.14. The first-order valence-corrected chi connectivity index (χ1v) is 4.67. The molecule has 0 fully saturated rings. The molecule has 14 heavy (non-hydrogen) atoms. The molecule has 0 aliphatic heterocycles. The molecule has 0 aliphatic rings. The fraction of sp³-hybridized carbons (Fsp3) is 0.250. The monoisotopic (exact) mass is 209 g/mol. The van der Waals surface area contributed by atoms with Crippen molar-refractivity contribution < 1.29 is 9.53 Å². The van der Waals surface area contributed by atoms with Crippen molar-refractivity contribution in [1.82, 2.24) is 9.97 Å². The van der Waals surface area contributed by atoms with Gasteiger partial charge in [0.25, 0.3) is 0 Å². The van der Waals surface area contributed by atoms with E-state index in [0.717, 1.165) is 11.8 Å². The molecule has 1 aromatic heterocycles. The summed E-state index contributed by atoms with van der Waals surface area (Å²) in [6.07, 6.45) is 1.48. The standard InChI is InChI=1S/C8H7N3O2S/c1-13-7(12)5-14-8-10-3-2-6(4-9)11-8/h2-3H,5H2,1H3. The number of ether oxygens (including phenoxy) is 1. The van der Waals surface area contributed by atoms with Crippen molar-refractivity contribution in [3.05, 3.63) is 18.0 Å². The summed E-state index contributed by atoms with van der Waals surface area (Å²) >= 11 is 1.13. The number of thioether (sulfide) groups is 1. The van der Waals surface area contributed by atoms with Crippen LogP contribution < -0.4 is 0 Å². The van der Waals surface area contributed by atoms with Gasteiger partial charge in [-0.3, -0.25) is 4.79 Å². The van der Waals surface area contributed by atoms with E-state index in [9.17, 15) is 4.79 Å². The number of rotatable bonds is 3. The second-order valence-corrected chi connectivity index (χ2v) is 3.14. The van der Waals surface area contributed by atoms with Crippen LogP contribution in [0.1, 0.15) is 5.69 Å². The van der Waals surface area contributed by atoms with Gasteiger partial charge in [0.2, 0.25) is 0 Å². The molecular formula is C8H7N3O2S. The number of aromatic nitrogens is 2. The second kappa shape index (κ2) is 5.19. The summed E-state index contributed by atoms with van der Waals surface area (Å²) < 4.78 is 4.45. The molecule has 5 nitrogen and oxygen atoms in total. The van der Waals surface area contributed by atoms with Gasteiger partial charge < -0.3 is 4.74 Å². The molecule has 0 atom stereocenters. The number of carbonyl (C=O) groups excluding carboxylic acids is 1. The van der Waals surface area contributed by atoms with Gasteiger partial charge in [-0.15, -0.1) is 0 Å². The zero-order valence-electron chi connectivity index (χ0n) is 7.43. The van der Waals surface area contributed by atoms with E-state index < -0.39 is 0 Å². The van der Waals surface area contributed by atoms with Crippen LogP contribution in [0.4, 0.5) is 0 Å². The highest BCUT2D eigenvalue weighted by atomic mass is 32.2. The summed E-state index contributed by atoms with van der Waals surface area (Å²) in [6, 6.07) is 3.39. The van der Waals surface area contributed by atoms with Crippen molar-refractivity contribution in [3.8, 4) is 6.07 Å². The number of methoxy groups -OCH3 is 1. The third-order valence-corrected chi connectivity index (χ3v) is 2.13. The third kappa shape index (κ3) is 3.03. The van der Waals surface area contributed by atoms with Crippen molar-refractivity contribution in [2.45, 2.75) is 5.16 Å². The van der Waals surface area contributed by atoms with Crippen LogP contribution in [0.25, 0.3) is 0 Å². The molecule has 1 rings (SSSR count). The van der Waals surface area contributed by atoms with E-state index in [1.165, 1.54) is 19.4 Å². The molecule has 0 bridgehead atoms. The number of hydrogen-bond acceptors (Lipinski definition) is 6. The van der Waals surface area contributed by atoms with Gasteiger partial charge in [0.05, 0.1) is 12.9 Å². The van der Waals surface area contributed by atoms with E-state index in [0.29, 0.717) is 5.16 Å². The molecule has 6 heteroatoms. The average Bonchev–Trinajstić information content (AvgIpc) is 2.26. The Labute approximate surface area is 85.1 Å². The number of carbonyl (C=O) groups is 1. The van der Waals surface area contributed by atoms with E-state index in [1.54, 1.807) is 0 Å². The molecular weight excluding hydrogens is 202 g/mol. The lowest BCUT2D eigenvalue weighted by Crippen LogP contribution is -2.03. The maximum absolute atomic E-state index is 10.8. The lowest BCUT2D eigenvalue weighted by atomic mass is 10.5. The van der Waals surface area contributed by atoms with Gasteiger partial charge in [0, 0.05) is 6.20 Å². The average molecular weight is 209 g/mol. The Morgan fingerprint density at radius 3 is 3.21 bits per heavy atom. The van der Waals surface area contributed by atoms with E-state index >= 15 is 0 Å². The Bertz CT molecular complexity index is 375. The highest BCUT2D eigenvalue weighted by Gasteiger charge is 2.04. The Hall–Kier alpha value is -1.61. The summed E-state index contributed by atoms with van der Waals surface area (Å²) in [4.78, 5) is 18.5. The Balaban J connectivity index is 2.60. The molecule has 0 aromatic carbocycles. The highest BCUT2D eigenvalue weighted by molar-refractivity contribution is 7.99. The van der Waals surface area contributed by atoms with Gasteiger partial charge in [-0.05, 0) is 6.07 Å². The minimum absolute atomic E-state index is 0.144. The van der Waals surface area contributed by atoms with Crippen LogP contribution in [0.5, 0.6) is 0 Å². The van der Waals surface area contributed by atoms with Crippen LogP contribution in [0.3, 0.4) is 0 Å². The Kier molecular flexibility index (Phi) is 3.88. The van der Waals surface area contributed by atoms with Gasteiger partial charge in [0.1, 0.15) is 11.8 Å².